The maximum absolute atomic E-state index is 12.6. The summed E-state index contributed by atoms with van der Waals surface area (Å²) in [6, 6.07) is 11.4. The van der Waals surface area contributed by atoms with Gasteiger partial charge in [0, 0.05) is 35.9 Å². The average Bonchev–Trinajstić information content (AvgIpc) is 3.06. The van der Waals surface area contributed by atoms with Gasteiger partial charge in [0.2, 0.25) is 0 Å². The molecule has 0 amide bonds. The summed E-state index contributed by atoms with van der Waals surface area (Å²) in [5.74, 6) is -0.268. The summed E-state index contributed by atoms with van der Waals surface area (Å²) in [5, 5.41) is 0. The number of carbonyl (C=O) groups is 1. The Hall–Kier alpha value is -2.73. The Morgan fingerprint density at radius 1 is 1.04 bits per heavy atom. The Kier molecular flexibility index (Phi) is 3.83. The van der Waals surface area contributed by atoms with Crippen LogP contribution in [0.25, 0.3) is 0 Å². The van der Waals surface area contributed by atoms with Crippen molar-refractivity contribution in [1.29, 1.82) is 0 Å². The van der Waals surface area contributed by atoms with Crippen LogP contribution in [0.1, 0.15) is 21.5 Å². The number of hydrogen-bond acceptors (Lipinski definition) is 4. The molecule has 0 radical (unpaired) electrons. The highest BCUT2D eigenvalue weighted by Gasteiger charge is 2.19. The van der Waals surface area contributed by atoms with E-state index in [4.69, 9.17) is 0 Å². The zero-order valence-electron chi connectivity index (χ0n) is 12.4. The summed E-state index contributed by atoms with van der Waals surface area (Å²) < 4.78 is 26.2. The number of hydrogen-bond donors (Lipinski definition) is 0. The van der Waals surface area contributed by atoms with Gasteiger partial charge in [-0.25, -0.2) is 12.4 Å². The molecule has 6 heteroatoms. The number of aromatic nitrogens is 2. The van der Waals surface area contributed by atoms with Crippen molar-refractivity contribution >= 4 is 15.8 Å². The number of ketones is 1. The molecule has 23 heavy (non-hydrogen) atoms. The van der Waals surface area contributed by atoms with Crippen LogP contribution in [0.2, 0.25) is 0 Å². The van der Waals surface area contributed by atoms with E-state index in [-0.39, 0.29) is 10.7 Å². The average molecular weight is 326 g/mol. The second-order valence-electron chi connectivity index (χ2n) is 5.12. The molecular weight excluding hydrogens is 312 g/mol. The first kappa shape index (κ1) is 15.2. The summed E-state index contributed by atoms with van der Waals surface area (Å²) in [6.07, 6.45) is 5.72. The molecule has 0 aliphatic carbocycles. The Labute approximate surface area is 134 Å². The first-order valence-corrected chi connectivity index (χ1v) is 8.37. The van der Waals surface area contributed by atoms with Crippen LogP contribution >= 0.6 is 0 Å². The summed E-state index contributed by atoms with van der Waals surface area (Å²) >= 11 is 0. The van der Waals surface area contributed by atoms with Crippen molar-refractivity contribution in [1.82, 2.24) is 8.96 Å². The minimum Gasteiger partial charge on any atom is -0.288 e. The molecule has 2 heterocycles. The number of pyridine rings is 1. The molecule has 0 saturated carbocycles. The summed E-state index contributed by atoms with van der Waals surface area (Å²) in [5.41, 5.74) is 1.69. The third-order valence-corrected chi connectivity index (χ3v) is 5.10. The van der Waals surface area contributed by atoms with E-state index in [9.17, 15) is 13.2 Å². The lowest BCUT2D eigenvalue weighted by atomic mass is 10.1. The smallest absolute Gasteiger partial charge is 0.267 e. The molecule has 116 valence electrons. The van der Waals surface area contributed by atoms with Crippen LogP contribution in [-0.2, 0) is 10.0 Å². The van der Waals surface area contributed by atoms with E-state index < -0.39 is 10.0 Å². The summed E-state index contributed by atoms with van der Waals surface area (Å²) in [7, 11) is -3.70. The first-order chi connectivity index (χ1) is 11.0. The maximum atomic E-state index is 12.6. The standard InChI is InChI=1S/C17H14N2O3S/c1-13-4-6-16(7-5-13)23(21,22)19-10-8-15(12-19)17(20)14-3-2-9-18-11-14/h2-12H,1H3. The summed E-state index contributed by atoms with van der Waals surface area (Å²) in [4.78, 5) is 16.4. The van der Waals surface area contributed by atoms with Gasteiger partial charge in [-0.05, 0) is 37.3 Å². The lowest BCUT2D eigenvalue weighted by molar-refractivity contribution is 0.103. The number of nitrogens with zero attached hydrogens (tertiary/aromatic N) is 2. The van der Waals surface area contributed by atoms with Crippen LogP contribution in [0, 0.1) is 6.92 Å². The number of aryl methyl sites for hydroxylation is 1. The molecule has 0 spiro atoms. The fraction of sp³-hybridized carbons (Fsp3) is 0.0588. The molecule has 0 bridgehead atoms. The van der Waals surface area contributed by atoms with E-state index in [2.05, 4.69) is 4.98 Å². The summed E-state index contributed by atoms with van der Waals surface area (Å²) in [6.45, 7) is 1.89. The van der Waals surface area contributed by atoms with Gasteiger partial charge in [0.15, 0.2) is 5.78 Å². The molecule has 2 aromatic heterocycles. The zero-order chi connectivity index (χ0) is 16.4. The van der Waals surface area contributed by atoms with Crippen molar-refractivity contribution in [3.63, 3.8) is 0 Å². The van der Waals surface area contributed by atoms with E-state index >= 15 is 0 Å². The number of benzene rings is 1. The van der Waals surface area contributed by atoms with E-state index in [1.807, 2.05) is 6.92 Å². The van der Waals surface area contributed by atoms with Crippen LogP contribution in [0.15, 0.2) is 72.1 Å². The normalized spacial score (nSPS) is 11.3. The van der Waals surface area contributed by atoms with Crippen molar-refractivity contribution in [3.05, 3.63) is 83.9 Å². The fourth-order valence-electron chi connectivity index (χ4n) is 2.16. The van der Waals surface area contributed by atoms with Crippen molar-refractivity contribution in [3.8, 4) is 0 Å². The van der Waals surface area contributed by atoms with Crippen LogP contribution in [-0.4, -0.2) is 23.2 Å². The van der Waals surface area contributed by atoms with Crippen LogP contribution in [0.3, 0.4) is 0 Å². The largest absolute Gasteiger partial charge is 0.288 e. The van der Waals surface area contributed by atoms with E-state index in [0.717, 1.165) is 9.54 Å². The van der Waals surface area contributed by atoms with Crippen LogP contribution < -0.4 is 0 Å². The molecule has 0 saturated heterocycles. The van der Waals surface area contributed by atoms with Gasteiger partial charge >= 0.3 is 0 Å². The molecule has 0 aliphatic heterocycles. The minimum atomic E-state index is -3.70. The topological polar surface area (TPSA) is 69.0 Å². The van der Waals surface area contributed by atoms with Crippen LogP contribution in [0.5, 0.6) is 0 Å². The molecule has 0 N–H and O–H groups in total. The van der Waals surface area contributed by atoms with Gasteiger partial charge in [0.05, 0.1) is 4.90 Å². The van der Waals surface area contributed by atoms with E-state index in [1.54, 1.807) is 42.6 Å². The molecule has 3 rings (SSSR count). The SMILES string of the molecule is Cc1ccc(S(=O)(=O)n2ccc(C(=O)c3cccnc3)c2)cc1. The highest BCUT2D eigenvalue weighted by molar-refractivity contribution is 7.90. The van der Waals surface area contributed by atoms with Gasteiger partial charge in [-0.15, -0.1) is 0 Å². The van der Waals surface area contributed by atoms with Gasteiger partial charge in [0.1, 0.15) is 0 Å². The van der Waals surface area contributed by atoms with Gasteiger partial charge in [0.25, 0.3) is 10.0 Å². The second kappa shape index (κ2) is 5.81. The third-order valence-electron chi connectivity index (χ3n) is 3.45. The highest BCUT2D eigenvalue weighted by Crippen LogP contribution is 2.17. The quantitative estimate of drug-likeness (QED) is 0.691. The third kappa shape index (κ3) is 2.93. The predicted octanol–water partition coefficient (Wildman–Crippen LogP) is 2.66. The van der Waals surface area contributed by atoms with Crippen molar-refractivity contribution < 1.29 is 13.2 Å². The van der Waals surface area contributed by atoms with Crippen molar-refractivity contribution in [2.75, 3.05) is 0 Å². The zero-order valence-corrected chi connectivity index (χ0v) is 13.2. The number of carbonyl (C=O) groups excluding carboxylic acids is 1. The molecule has 0 unspecified atom stereocenters. The second-order valence-corrected chi connectivity index (χ2v) is 6.96. The maximum Gasteiger partial charge on any atom is 0.267 e. The Bertz CT molecular complexity index is 943. The van der Waals surface area contributed by atoms with Crippen molar-refractivity contribution in [2.45, 2.75) is 11.8 Å². The highest BCUT2D eigenvalue weighted by atomic mass is 32.2. The van der Waals surface area contributed by atoms with E-state index in [0.29, 0.717) is 11.1 Å². The van der Waals surface area contributed by atoms with Crippen LogP contribution in [0.4, 0.5) is 0 Å². The Morgan fingerprint density at radius 3 is 2.43 bits per heavy atom. The first-order valence-electron chi connectivity index (χ1n) is 6.93. The Balaban J connectivity index is 1.95. The number of rotatable bonds is 4. The molecular formula is C17H14N2O3S. The minimum absolute atomic E-state index is 0.180. The monoisotopic (exact) mass is 326 g/mol. The fourth-order valence-corrected chi connectivity index (χ4v) is 3.35. The van der Waals surface area contributed by atoms with Crippen molar-refractivity contribution in [2.24, 2.45) is 0 Å². The van der Waals surface area contributed by atoms with Gasteiger partial charge in [-0.3, -0.25) is 9.78 Å². The molecule has 0 fully saturated rings. The van der Waals surface area contributed by atoms with Gasteiger partial charge in [-0.1, -0.05) is 17.7 Å². The lowest BCUT2D eigenvalue weighted by Gasteiger charge is -2.05. The molecule has 1 aromatic carbocycles. The Morgan fingerprint density at radius 2 is 1.78 bits per heavy atom. The lowest BCUT2D eigenvalue weighted by Crippen LogP contribution is -2.11. The van der Waals surface area contributed by atoms with Gasteiger partial charge in [-0.2, -0.15) is 0 Å². The van der Waals surface area contributed by atoms with E-state index in [1.165, 1.54) is 24.7 Å². The molecule has 0 atom stereocenters. The molecule has 3 aromatic rings. The predicted molar refractivity (Wildman–Crippen MR) is 85.9 cm³/mol. The molecule has 0 aliphatic rings. The molecule has 5 nitrogen and oxygen atoms in total. The van der Waals surface area contributed by atoms with Gasteiger partial charge < -0.3 is 0 Å².